The minimum absolute atomic E-state index is 0.183. The standard InChI is InChI=1S/C13H16F3N3O3/c1-18(2)12(20)22-19-7-9(17)5-8-3-4-10(6-11(8)19)21-13(14,15)16/h3-4,6,9H,5,7,17H2,1-2H3/t9-/m0/s1. The van der Waals surface area contributed by atoms with Crippen LogP contribution in [0.5, 0.6) is 5.75 Å². The number of amides is 1. The van der Waals surface area contributed by atoms with E-state index in [0.29, 0.717) is 17.7 Å². The van der Waals surface area contributed by atoms with Crippen LogP contribution >= 0.6 is 0 Å². The van der Waals surface area contributed by atoms with E-state index >= 15 is 0 Å². The third-order valence-corrected chi connectivity index (χ3v) is 2.99. The van der Waals surface area contributed by atoms with E-state index in [1.165, 1.54) is 42.3 Å². The van der Waals surface area contributed by atoms with Gasteiger partial charge in [-0.3, -0.25) is 0 Å². The first kappa shape index (κ1) is 16.2. The van der Waals surface area contributed by atoms with Crippen LogP contribution in [0.15, 0.2) is 18.2 Å². The second-order valence-corrected chi connectivity index (χ2v) is 5.12. The summed E-state index contributed by atoms with van der Waals surface area (Å²) in [6.07, 6.45) is -4.97. The number of carbonyl (C=O) groups excluding carboxylic acids is 1. The quantitative estimate of drug-likeness (QED) is 0.901. The molecule has 0 radical (unpaired) electrons. The molecule has 2 N–H and O–H groups in total. The number of carbonyl (C=O) groups is 1. The van der Waals surface area contributed by atoms with Gasteiger partial charge in [-0.25, -0.2) is 9.86 Å². The fourth-order valence-corrected chi connectivity index (χ4v) is 2.07. The molecule has 1 heterocycles. The summed E-state index contributed by atoms with van der Waals surface area (Å²) < 4.78 is 40.8. The van der Waals surface area contributed by atoms with Crippen molar-refractivity contribution in [2.75, 3.05) is 25.7 Å². The number of benzene rings is 1. The number of hydrogen-bond acceptors (Lipinski definition) is 5. The zero-order chi connectivity index (χ0) is 16.5. The van der Waals surface area contributed by atoms with E-state index in [0.717, 1.165) is 0 Å². The van der Waals surface area contributed by atoms with E-state index in [9.17, 15) is 18.0 Å². The molecule has 2 rings (SSSR count). The summed E-state index contributed by atoms with van der Waals surface area (Å²) in [5.41, 5.74) is 6.89. The minimum atomic E-state index is -4.79. The van der Waals surface area contributed by atoms with Gasteiger partial charge in [0.25, 0.3) is 0 Å². The van der Waals surface area contributed by atoms with Crippen molar-refractivity contribution in [3.8, 4) is 5.75 Å². The molecule has 1 amide bonds. The number of alkyl halides is 3. The summed E-state index contributed by atoms with van der Waals surface area (Å²) in [4.78, 5) is 18.0. The number of fused-ring (bicyclic) bond motifs is 1. The lowest BCUT2D eigenvalue weighted by Gasteiger charge is -2.33. The Bertz CT molecular complexity index is 563. The monoisotopic (exact) mass is 319 g/mol. The summed E-state index contributed by atoms with van der Waals surface area (Å²) in [5.74, 6) is -0.382. The molecule has 0 aliphatic carbocycles. The summed E-state index contributed by atoms with van der Waals surface area (Å²) in [6.45, 7) is 0.183. The van der Waals surface area contributed by atoms with Crippen molar-refractivity contribution in [1.82, 2.24) is 4.90 Å². The van der Waals surface area contributed by atoms with Gasteiger partial charge in [-0.05, 0) is 18.1 Å². The normalized spacial score (nSPS) is 17.7. The smallest absolute Gasteiger partial charge is 0.406 e. The summed E-state index contributed by atoms with van der Waals surface area (Å²) in [5, 5.41) is 1.19. The lowest BCUT2D eigenvalue weighted by Crippen LogP contribution is -2.45. The Balaban J connectivity index is 2.28. The average molecular weight is 319 g/mol. The molecular formula is C13H16F3N3O3. The molecule has 1 aliphatic heterocycles. The van der Waals surface area contributed by atoms with Crippen molar-refractivity contribution in [2.45, 2.75) is 18.8 Å². The van der Waals surface area contributed by atoms with Crippen LogP contribution < -0.4 is 15.5 Å². The highest BCUT2D eigenvalue weighted by molar-refractivity contribution is 5.69. The van der Waals surface area contributed by atoms with Gasteiger partial charge in [-0.1, -0.05) is 6.07 Å². The zero-order valence-electron chi connectivity index (χ0n) is 12.1. The molecule has 0 unspecified atom stereocenters. The molecule has 1 aliphatic rings. The highest BCUT2D eigenvalue weighted by Crippen LogP contribution is 2.33. The average Bonchev–Trinajstić information content (AvgIpc) is 2.37. The first-order valence-electron chi connectivity index (χ1n) is 6.47. The molecule has 0 spiro atoms. The lowest BCUT2D eigenvalue weighted by atomic mass is 10.00. The van der Waals surface area contributed by atoms with Gasteiger partial charge >= 0.3 is 12.5 Å². The summed E-state index contributed by atoms with van der Waals surface area (Å²) >= 11 is 0. The third-order valence-electron chi connectivity index (χ3n) is 2.99. The molecule has 6 nitrogen and oxygen atoms in total. The topological polar surface area (TPSA) is 68.0 Å². The number of nitrogens with zero attached hydrogens (tertiary/aromatic N) is 2. The summed E-state index contributed by atoms with van der Waals surface area (Å²) in [6, 6.07) is 3.57. The van der Waals surface area contributed by atoms with E-state index in [-0.39, 0.29) is 18.3 Å². The van der Waals surface area contributed by atoms with Crippen LogP contribution in [0.1, 0.15) is 5.56 Å². The van der Waals surface area contributed by atoms with Crippen LogP contribution in [0.4, 0.5) is 23.7 Å². The van der Waals surface area contributed by atoms with E-state index in [2.05, 4.69) is 4.74 Å². The maximum Gasteiger partial charge on any atom is 0.573 e. The van der Waals surface area contributed by atoms with Crippen LogP contribution in [0.2, 0.25) is 0 Å². The molecule has 0 bridgehead atoms. The number of nitrogens with two attached hydrogens (primary N) is 1. The number of rotatable bonds is 2. The number of hydrogen-bond donors (Lipinski definition) is 1. The van der Waals surface area contributed by atoms with Gasteiger partial charge in [-0.2, -0.15) is 0 Å². The Morgan fingerprint density at radius 1 is 1.41 bits per heavy atom. The fraction of sp³-hybridized carbons (Fsp3) is 0.462. The number of ether oxygens (including phenoxy) is 1. The second-order valence-electron chi connectivity index (χ2n) is 5.12. The largest absolute Gasteiger partial charge is 0.573 e. The highest BCUT2D eigenvalue weighted by atomic mass is 19.4. The van der Waals surface area contributed by atoms with Crippen molar-refractivity contribution in [3.63, 3.8) is 0 Å². The maximum absolute atomic E-state index is 12.3. The number of hydroxylamine groups is 1. The number of halogens is 3. The second kappa shape index (κ2) is 5.91. The molecule has 1 aromatic carbocycles. The first-order chi connectivity index (χ1) is 10.2. The molecule has 0 aromatic heterocycles. The highest BCUT2D eigenvalue weighted by Gasteiger charge is 2.32. The lowest BCUT2D eigenvalue weighted by molar-refractivity contribution is -0.274. The van der Waals surface area contributed by atoms with E-state index in [1.54, 1.807) is 0 Å². The predicted octanol–water partition coefficient (Wildman–Crippen LogP) is 1.89. The molecule has 122 valence electrons. The van der Waals surface area contributed by atoms with Gasteiger partial charge in [0.1, 0.15) is 5.75 Å². The molecule has 22 heavy (non-hydrogen) atoms. The van der Waals surface area contributed by atoms with E-state index in [1.807, 2.05) is 0 Å². The Morgan fingerprint density at radius 3 is 2.68 bits per heavy atom. The van der Waals surface area contributed by atoms with Gasteiger partial charge in [0, 0.05) is 26.2 Å². The van der Waals surface area contributed by atoms with Crippen molar-refractivity contribution in [3.05, 3.63) is 23.8 Å². The molecule has 0 saturated carbocycles. The Labute approximate surface area is 125 Å². The molecule has 9 heteroatoms. The van der Waals surface area contributed by atoms with Crippen molar-refractivity contribution in [1.29, 1.82) is 0 Å². The summed E-state index contributed by atoms with van der Waals surface area (Å²) in [7, 11) is 2.99. The van der Waals surface area contributed by atoms with Crippen LogP contribution in [0.25, 0.3) is 0 Å². The van der Waals surface area contributed by atoms with E-state index in [4.69, 9.17) is 10.6 Å². The molecular weight excluding hydrogens is 303 g/mol. The predicted molar refractivity (Wildman–Crippen MR) is 72.3 cm³/mol. The van der Waals surface area contributed by atoms with Crippen LogP contribution in [0.3, 0.4) is 0 Å². The Kier molecular flexibility index (Phi) is 4.36. The van der Waals surface area contributed by atoms with Gasteiger partial charge in [0.05, 0.1) is 12.2 Å². The maximum atomic E-state index is 12.3. The van der Waals surface area contributed by atoms with Crippen molar-refractivity contribution < 1.29 is 27.5 Å². The first-order valence-corrected chi connectivity index (χ1v) is 6.47. The third kappa shape index (κ3) is 3.94. The minimum Gasteiger partial charge on any atom is -0.406 e. The molecule has 0 fully saturated rings. The SMILES string of the molecule is CN(C)C(=O)ON1C[C@@H](N)Cc2ccc(OC(F)(F)F)cc21. The van der Waals surface area contributed by atoms with E-state index < -0.39 is 12.5 Å². The van der Waals surface area contributed by atoms with Crippen LogP contribution in [-0.2, 0) is 11.3 Å². The van der Waals surface area contributed by atoms with Crippen molar-refractivity contribution >= 4 is 11.8 Å². The van der Waals surface area contributed by atoms with Gasteiger partial charge in [0.2, 0.25) is 0 Å². The Hall–Kier alpha value is -2.16. The van der Waals surface area contributed by atoms with Crippen molar-refractivity contribution in [2.24, 2.45) is 5.73 Å². The number of anilines is 1. The van der Waals surface area contributed by atoms with Crippen LogP contribution in [-0.4, -0.2) is 44.0 Å². The molecule has 0 saturated heterocycles. The van der Waals surface area contributed by atoms with Gasteiger partial charge in [0.15, 0.2) is 0 Å². The fourth-order valence-electron chi connectivity index (χ4n) is 2.07. The molecule has 1 atom stereocenters. The zero-order valence-corrected chi connectivity index (χ0v) is 12.1. The van der Waals surface area contributed by atoms with Gasteiger partial charge in [-0.15, -0.1) is 13.2 Å². The van der Waals surface area contributed by atoms with Crippen LogP contribution in [0, 0.1) is 0 Å². The Morgan fingerprint density at radius 2 is 2.09 bits per heavy atom. The molecule has 1 aromatic rings. The van der Waals surface area contributed by atoms with Gasteiger partial charge < -0.3 is 20.2 Å².